The maximum absolute atomic E-state index is 13.3. The minimum Gasteiger partial charge on any atom is -0.445 e. The molecule has 16 nitrogen and oxygen atoms in total. The number of amides is 7. The lowest BCUT2D eigenvalue weighted by Gasteiger charge is -2.29. The van der Waals surface area contributed by atoms with Gasteiger partial charge in [0.05, 0.1) is 0 Å². The van der Waals surface area contributed by atoms with Crippen LogP contribution in [0, 0.1) is 5.92 Å². The molecule has 1 aliphatic rings. The second-order valence-electron chi connectivity index (χ2n) is 12.8. The maximum atomic E-state index is 13.3. The van der Waals surface area contributed by atoms with Gasteiger partial charge in [-0.15, -0.1) is 0 Å². The van der Waals surface area contributed by atoms with E-state index in [1.807, 2.05) is 18.2 Å². The first-order valence-electron chi connectivity index (χ1n) is 16.6. The molecule has 6 atom stereocenters. The Morgan fingerprint density at radius 2 is 1.24 bits per heavy atom. The van der Waals surface area contributed by atoms with E-state index in [4.69, 9.17) is 4.74 Å². The number of rotatable bonds is 16. The Morgan fingerprint density at radius 3 is 1.82 bits per heavy atom. The highest BCUT2D eigenvalue weighted by Gasteiger charge is 2.37. The van der Waals surface area contributed by atoms with Gasteiger partial charge in [0.15, 0.2) is 0 Å². The van der Waals surface area contributed by atoms with Gasteiger partial charge in [-0.3, -0.25) is 34.2 Å². The second kappa shape index (κ2) is 19.3. The summed E-state index contributed by atoms with van der Waals surface area (Å²) in [4.78, 5) is 90.5. The van der Waals surface area contributed by atoms with E-state index in [1.54, 1.807) is 39.8 Å². The van der Waals surface area contributed by atoms with Gasteiger partial charge in [-0.05, 0) is 65.9 Å². The van der Waals surface area contributed by atoms with Crippen molar-refractivity contribution >= 4 is 41.5 Å². The van der Waals surface area contributed by atoms with Crippen LogP contribution in [-0.2, 0) is 40.1 Å². The molecule has 0 radical (unpaired) electrons. The van der Waals surface area contributed by atoms with Gasteiger partial charge in [-0.25, -0.2) is 10.2 Å². The summed E-state index contributed by atoms with van der Waals surface area (Å²) < 4.78 is 5.14. The molecule has 0 aliphatic carbocycles. The molecule has 0 bridgehead atoms. The van der Waals surface area contributed by atoms with Gasteiger partial charge in [0, 0.05) is 12.6 Å². The van der Waals surface area contributed by atoms with Crippen molar-refractivity contribution in [1.29, 1.82) is 0 Å². The van der Waals surface area contributed by atoms with E-state index in [9.17, 15) is 33.6 Å². The van der Waals surface area contributed by atoms with Gasteiger partial charge in [-0.2, -0.15) is 0 Å². The Hall–Kier alpha value is -4.73. The normalized spacial score (nSPS) is 17.2. The number of nitrogens with one attached hydrogen (secondary N) is 7. The Labute approximate surface area is 287 Å². The molecular weight excluding hydrogens is 636 g/mol. The first-order valence-corrected chi connectivity index (χ1v) is 16.6. The summed E-state index contributed by atoms with van der Waals surface area (Å²) in [6.45, 7) is 13.4. The zero-order chi connectivity index (χ0) is 36.8. The van der Waals surface area contributed by atoms with E-state index in [-0.39, 0.29) is 31.0 Å². The molecule has 1 fully saturated rings. The fourth-order valence-corrected chi connectivity index (χ4v) is 4.91. The molecule has 16 heteroatoms. The molecule has 7 N–H and O–H groups in total. The first-order chi connectivity index (χ1) is 23.0. The van der Waals surface area contributed by atoms with E-state index in [1.165, 1.54) is 32.6 Å². The molecule has 0 saturated carbocycles. The quantitative estimate of drug-likeness (QED) is 0.116. The number of hydrazine groups is 1. The number of benzene rings is 1. The van der Waals surface area contributed by atoms with Crippen molar-refractivity contribution in [2.24, 2.45) is 5.92 Å². The summed E-state index contributed by atoms with van der Waals surface area (Å²) >= 11 is 0. The number of hydrogen-bond donors (Lipinski definition) is 7. The molecular formula is C33H52N8O8. The van der Waals surface area contributed by atoms with Gasteiger partial charge in [0.25, 0.3) is 5.91 Å². The van der Waals surface area contributed by atoms with Gasteiger partial charge >= 0.3 is 6.09 Å². The highest BCUT2D eigenvalue weighted by atomic mass is 16.5. The number of ether oxygens (including phenoxy) is 1. The van der Waals surface area contributed by atoms with Gasteiger partial charge in [-0.1, -0.05) is 44.2 Å². The third kappa shape index (κ3) is 13.0. The first kappa shape index (κ1) is 40.4. The van der Waals surface area contributed by atoms with Crippen molar-refractivity contribution in [3.8, 4) is 0 Å². The van der Waals surface area contributed by atoms with Crippen molar-refractivity contribution < 1.29 is 38.3 Å². The Morgan fingerprint density at radius 1 is 0.714 bits per heavy atom. The van der Waals surface area contributed by atoms with E-state index >= 15 is 0 Å². The number of nitrogens with zero attached hydrogens (tertiary/aromatic N) is 1. The molecule has 2 rings (SSSR count). The van der Waals surface area contributed by atoms with Gasteiger partial charge in [0.1, 0.15) is 42.9 Å². The highest BCUT2D eigenvalue weighted by molar-refractivity contribution is 5.95. The fourth-order valence-electron chi connectivity index (χ4n) is 4.91. The Bertz CT molecular complexity index is 1320. The summed E-state index contributed by atoms with van der Waals surface area (Å²) in [5, 5.41) is 12.9. The average molecular weight is 689 g/mol. The number of likely N-dealkylation sites (tertiary alicyclic amines) is 1. The highest BCUT2D eigenvalue weighted by Crippen LogP contribution is 2.18. The molecule has 49 heavy (non-hydrogen) atoms. The minimum absolute atomic E-state index is 0.0291. The number of carbonyl (C=O) groups excluding carboxylic acids is 7. The number of carbonyl (C=O) groups is 7. The summed E-state index contributed by atoms with van der Waals surface area (Å²) in [5.41, 5.74) is 6.05. The maximum Gasteiger partial charge on any atom is 0.408 e. The summed E-state index contributed by atoms with van der Waals surface area (Å²) in [7, 11) is 0. The molecule has 0 unspecified atom stereocenters. The minimum atomic E-state index is -1.00. The molecule has 0 spiro atoms. The van der Waals surface area contributed by atoms with Crippen molar-refractivity contribution in [3.63, 3.8) is 0 Å². The van der Waals surface area contributed by atoms with Crippen LogP contribution in [0.5, 0.6) is 0 Å². The molecule has 1 saturated heterocycles. The largest absolute Gasteiger partial charge is 0.445 e. The molecule has 7 amide bonds. The summed E-state index contributed by atoms with van der Waals surface area (Å²) in [5.74, 6) is -3.42. The molecule has 1 aliphatic heterocycles. The van der Waals surface area contributed by atoms with Crippen LogP contribution in [0.2, 0.25) is 0 Å². The van der Waals surface area contributed by atoms with Crippen molar-refractivity contribution in [3.05, 3.63) is 35.9 Å². The Balaban J connectivity index is 1.88. The average Bonchev–Trinajstić information content (AvgIpc) is 3.53. The van der Waals surface area contributed by atoms with Crippen LogP contribution in [0.1, 0.15) is 73.8 Å². The topological polar surface area (TPSA) is 216 Å². The lowest BCUT2D eigenvalue weighted by Crippen LogP contribution is -2.60. The van der Waals surface area contributed by atoms with Gasteiger partial charge in [0.2, 0.25) is 29.5 Å². The summed E-state index contributed by atoms with van der Waals surface area (Å²) in [6.07, 6.45) is 0.120. The zero-order valence-corrected chi connectivity index (χ0v) is 29.5. The van der Waals surface area contributed by atoms with Crippen molar-refractivity contribution in [2.45, 2.75) is 117 Å². The third-order valence-electron chi connectivity index (χ3n) is 7.74. The summed E-state index contributed by atoms with van der Waals surface area (Å²) in [6, 6.07) is 3.37. The van der Waals surface area contributed by atoms with E-state index in [0.717, 1.165) is 5.56 Å². The monoisotopic (exact) mass is 688 g/mol. The van der Waals surface area contributed by atoms with Crippen LogP contribution >= 0.6 is 0 Å². The molecule has 272 valence electrons. The van der Waals surface area contributed by atoms with Crippen molar-refractivity contribution in [1.82, 2.24) is 42.3 Å². The predicted octanol–water partition coefficient (Wildman–Crippen LogP) is -0.0236. The molecule has 0 aromatic heterocycles. The molecule has 1 aromatic rings. The van der Waals surface area contributed by atoms with Crippen molar-refractivity contribution in [2.75, 3.05) is 6.54 Å². The van der Waals surface area contributed by atoms with Crippen LogP contribution in [0.3, 0.4) is 0 Å². The lowest BCUT2D eigenvalue weighted by atomic mass is 10.0. The third-order valence-corrected chi connectivity index (χ3v) is 7.74. The van der Waals surface area contributed by atoms with Gasteiger partial charge < -0.3 is 36.2 Å². The Kier molecular flexibility index (Phi) is 15.9. The smallest absolute Gasteiger partial charge is 0.408 e. The molecule has 1 aromatic carbocycles. The van der Waals surface area contributed by atoms with Crippen LogP contribution in [-0.4, -0.2) is 95.3 Å². The standard InChI is InChI=1S/C33H52N8O8/c1-18(2)26(31(46)36-21(6)28(43)35-20(5)27(42)34-19(3)4)39-40-30(45)25-15-12-16-41(25)32(47)23(8)37-29(44)22(7)38-33(48)49-17-24-13-10-9-11-14-24/h9-11,13-14,18-23,25-26,39H,12,15-17H2,1-8H3,(H,34,42)(H,35,43)(H,36,46)(H,37,44)(H,38,48)(H,40,45)/t20-,21-,22-,23-,25+,26-/m0/s1. The van der Waals surface area contributed by atoms with Crippen LogP contribution in [0.15, 0.2) is 30.3 Å². The predicted molar refractivity (Wildman–Crippen MR) is 180 cm³/mol. The second-order valence-corrected chi connectivity index (χ2v) is 12.8. The SMILES string of the molecule is CC(C)NC(=O)[C@H](C)NC(=O)[C@H](C)NC(=O)[C@@H](NNC(=O)[C@H]1CCCN1C(=O)[C@H](C)NC(=O)[C@H](C)NC(=O)OCc1ccccc1)C(C)C. The van der Waals surface area contributed by atoms with Crippen LogP contribution in [0.25, 0.3) is 0 Å². The zero-order valence-electron chi connectivity index (χ0n) is 29.5. The van der Waals surface area contributed by atoms with E-state index in [0.29, 0.717) is 12.8 Å². The number of hydrogen-bond acceptors (Lipinski definition) is 9. The van der Waals surface area contributed by atoms with Crippen LogP contribution < -0.4 is 37.4 Å². The molecule has 1 heterocycles. The fraction of sp³-hybridized carbons (Fsp3) is 0.606. The van der Waals surface area contributed by atoms with Crippen LogP contribution in [0.4, 0.5) is 4.79 Å². The van der Waals surface area contributed by atoms with E-state index in [2.05, 4.69) is 37.4 Å². The number of alkyl carbamates (subject to hydrolysis) is 1. The van der Waals surface area contributed by atoms with E-state index < -0.39 is 71.9 Å². The lowest BCUT2D eigenvalue weighted by molar-refractivity contribution is -0.141.